The van der Waals surface area contributed by atoms with E-state index in [-0.39, 0.29) is 11.0 Å². The van der Waals surface area contributed by atoms with Crippen LogP contribution in [0.15, 0.2) is 24.3 Å². The average molecular weight is 175 g/mol. The molecule has 0 fully saturated rings. The van der Waals surface area contributed by atoms with Gasteiger partial charge in [-0.2, -0.15) is 4.20 Å². The number of rotatable bonds is 1. The van der Waals surface area contributed by atoms with Gasteiger partial charge in [-0.05, 0) is 18.2 Å². The quantitative estimate of drug-likeness (QED) is 0.495. The van der Waals surface area contributed by atoms with E-state index in [4.69, 9.17) is 10.6 Å². The van der Waals surface area contributed by atoms with Crippen molar-refractivity contribution in [1.29, 1.82) is 0 Å². The Labute approximate surface area is 63.2 Å². The normalized spacial score (nSPS) is 15.8. The molecule has 1 aromatic carbocycles. The fourth-order valence-electron chi connectivity index (χ4n) is 0.696. The number of hydrogen-bond acceptors (Lipinski definition) is 2. The average Bonchev–Trinajstić information content (AvgIpc) is 1.86. The van der Waals surface area contributed by atoms with E-state index in [0.717, 1.165) is 6.07 Å². The lowest BCUT2D eigenvalue weighted by Crippen LogP contribution is -2.01. The molecule has 5 heteroatoms. The molecule has 0 aliphatic carbocycles. The Bertz CT molecular complexity index is 309. The van der Waals surface area contributed by atoms with Gasteiger partial charge in [0.05, 0.1) is 5.30 Å². The lowest BCUT2D eigenvalue weighted by molar-refractivity contribution is 0.443. The van der Waals surface area contributed by atoms with Crippen LogP contribution in [-0.2, 0) is 4.57 Å². The lowest BCUT2D eigenvalue weighted by Gasteiger charge is -2.00. The molecule has 0 spiro atoms. The molecule has 60 valence electrons. The number of halogens is 1. The summed E-state index contributed by atoms with van der Waals surface area (Å²) in [6, 6.07) is 5.30. The highest BCUT2D eigenvalue weighted by atomic mass is 31.2. The van der Waals surface area contributed by atoms with Gasteiger partial charge in [0.25, 0.3) is 0 Å². The summed E-state index contributed by atoms with van der Waals surface area (Å²) in [5.74, 6) is 0. The molecule has 0 bridgehead atoms. The molecule has 0 saturated carbocycles. The van der Waals surface area contributed by atoms with Crippen LogP contribution in [0.4, 0.5) is 9.88 Å². The maximum absolute atomic E-state index is 12.4. The second kappa shape index (κ2) is 2.64. The second-order valence-corrected chi connectivity index (χ2v) is 3.62. The van der Waals surface area contributed by atoms with Gasteiger partial charge in [-0.15, -0.1) is 0 Å². The van der Waals surface area contributed by atoms with Gasteiger partial charge in [0, 0.05) is 5.69 Å². The molecule has 1 atom stereocenters. The monoisotopic (exact) mass is 175 g/mol. The predicted molar refractivity (Wildman–Crippen MR) is 41.4 cm³/mol. The van der Waals surface area contributed by atoms with E-state index in [1.807, 2.05) is 0 Å². The van der Waals surface area contributed by atoms with Crippen LogP contribution in [0, 0.1) is 0 Å². The molecule has 1 rings (SSSR count). The first-order valence-electron chi connectivity index (χ1n) is 2.89. The van der Waals surface area contributed by atoms with Gasteiger partial charge in [-0.25, -0.2) is 4.57 Å². The van der Waals surface area contributed by atoms with E-state index in [2.05, 4.69) is 0 Å². The first kappa shape index (κ1) is 8.24. The molecule has 1 aromatic rings. The van der Waals surface area contributed by atoms with Gasteiger partial charge in [-0.1, -0.05) is 6.07 Å². The summed E-state index contributed by atoms with van der Waals surface area (Å²) >= 11 is 0. The van der Waals surface area contributed by atoms with Gasteiger partial charge in [0.15, 0.2) is 0 Å². The standard InChI is InChI=1S/C6H7FNO2P/c7-11(9,10)6-3-1-2-5(8)4-6/h1-4H,8H2,(H,9,10). The Kier molecular flexibility index (Phi) is 1.98. The number of benzene rings is 1. The highest BCUT2D eigenvalue weighted by Gasteiger charge is 2.18. The Balaban J connectivity index is 3.17. The van der Waals surface area contributed by atoms with E-state index in [9.17, 15) is 8.76 Å². The van der Waals surface area contributed by atoms with Crippen LogP contribution in [0.3, 0.4) is 0 Å². The molecule has 0 aliphatic heterocycles. The summed E-state index contributed by atoms with van der Waals surface area (Å²) in [6.07, 6.45) is 0. The van der Waals surface area contributed by atoms with Gasteiger partial charge >= 0.3 is 7.68 Å². The topological polar surface area (TPSA) is 63.3 Å². The van der Waals surface area contributed by atoms with Crippen LogP contribution in [0.1, 0.15) is 0 Å². The van der Waals surface area contributed by atoms with Gasteiger partial charge < -0.3 is 10.6 Å². The van der Waals surface area contributed by atoms with Crippen molar-refractivity contribution < 1.29 is 13.7 Å². The van der Waals surface area contributed by atoms with Crippen molar-refractivity contribution in [1.82, 2.24) is 0 Å². The van der Waals surface area contributed by atoms with Gasteiger partial charge in [0.2, 0.25) is 0 Å². The number of hydrogen-bond donors (Lipinski definition) is 2. The third-order valence-corrected chi connectivity index (χ3v) is 2.10. The molecule has 0 aliphatic rings. The molecule has 0 aromatic heterocycles. The summed E-state index contributed by atoms with van der Waals surface area (Å²) in [6.45, 7) is 0. The summed E-state index contributed by atoms with van der Waals surface area (Å²) in [7, 11) is -4.63. The van der Waals surface area contributed by atoms with E-state index in [1.165, 1.54) is 18.2 Å². The third kappa shape index (κ3) is 2.03. The molecular weight excluding hydrogens is 168 g/mol. The third-order valence-electron chi connectivity index (χ3n) is 1.19. The van der Waals surface area contributed by atoms with Crippen molar-refractivity contribution in [2.75, 3.05) is 5.73 Å². The highest BCUT2D eigenvalue weighted by molar-refractivity contribution is 7.60. The van der Waals surface area contributed by atoms with Crippen molar-refractivity contribution in [3.63, 3.8) is 0 Å². The SMILES string of the molecule is Nc1cccc(P(=O)(O)F)c1. The summed E-state index contributed by atoms with van der Waals surface area (Å²) < 4.78 is 22.8. The first-order chi connectivity index (χ1) is 5.00. The van der Waals surface area contributed by atoms with Crippen molar-refractivity contribution in [2.24, 2.45) is 0 Å². The highest BCUT2D eigenvalue weighted by Crippen LogP contribution is 2.40. The maximum atomic E-state index is 12.4. The van der Waals surface area contributed by atoms with E-state index >= 15 is 0 Å². The van der Waals surface area contributed by atoms with Crippen LogP contribution in [0.5, 0.6) is 0 Å². The van der Waals surface area contributed by atoms with Crippen molar-refractivity contribution in [3.05, 3.63) is 24.3 Å². The van der Waals surface area contributed by atoms with Crippen LogP contribution >= 0.6 is 7.68 Å². The van der Waals surface area contributed by atoms with Gasteiger partial charge in [0.1, 0.15) is 0 Å². The largest absolute Gasteiger partial charge is 0.399 e. The number of nitrogen functional groups attached to an aromatic ring is 1. The van der Waals surface area contributed by atoms with E-state index in [0.29, 0.717) is 0 Å². The summed E-state index contributed by atoms with van der Waals surface area (Å²) in [5.41, 5.74) is 5.53. The van der Waals surface area contributed by atoms with Crippen LogP contribution < -0.4 is 11.0 Å². The fourth-order valence-corrected chi connectivity index (χ4v) is 1.27. The second-order valence-electron chi connectivity index (χ2n) is 2.10. The van der Waals surface area contributed by atoms with E-state index < -0.39 is 7.68 Å². The van der Waals surface area contributed by atoms with Crippen LogP contribution in [0.25, 0.3) is 0 Å². The Hall–Kier alpha value is -0.860. The molecule has 0 amide bonds. The zero-order chi connectivity index (χ0) is 8.48. The molecule has 11 heavy (non-hydrogen) atoms. The molecule has 0 saturated heterocycles. The van der Waals surface area contributed by atoms with Crippen molar-refractivity contribution in [3.8, 4) is 0 Å². The molecular formula is C6H7FNO2P. The Morgan fingerprint density at radius 3 is 2.55 bits per heavy atom. The first-order valence-corrected chi connectivity index (χ1v) is 4.44. The summed E-state index contributed by atoms with van der Waals surface area (Å²) in [5, 5.41) is -0.266. The Morgan fingerprint density at radius 2 is 2.18 bits per heavy atom. The van der Waals surface area contributed by atoms with Gasteiger partial charge in [-0.3, -0.25) is 0 Å². The summed E-state index contributed by atoms with van der Waals surface area (Å²) in [4.78, 5) is 8.45. The zero-order valence-corrected chi connectivity index (χ0v) is 6.46. The van der Waals surface area contributed by atoms with Crippen LogP contribution in [-0.4, -0.2) is 4.89 Å². The number of nitrogens with two attached hydrogens (primary N) is 1. The van der Waals surface area contributed by atoms with Crippen molar-refractivity contribution >= 4 is 18.7 Å². The predicted octanol–water partition coefficient (Wildman–Crippen LogP) is 1.05. The minimum absolute atomic E-state index is 0.266. The Morgan fingerprint density at radius 1 is 1.55 bits per heavy atom. The van der Waals surface area contributed by atoms with Crippen LogP contribution in [0.2, 0.25) is 0 Å². The fraction of sp³-hybridized carbons (Fsp3) is 0. The minimum Gasteiger partial charge on any atom is -0.399 e. The van der Waals surface area contributed by atoms with Crippen molar-refractivity contribution in [2.45, 2.75) is 0 Å². The molecule has 1 unspecified atom stereocenters. The molecule has 0 heterocycles. The minimum atomic E-state index is -4.63. The van der Waals surface area contributed by atoms with E-state index in [1.54, 1.807) is 0 Å². The molecule has 3 N–H and O–H groups in total. The number of anilines is 1. The maximum Gasteiger partial charge on any atom is 0.395 e. The smallest absolute Gasteiger partial charge is 0.395 e. The molecule has 0 radical (unpaired) electrons. The lowest BCUT2D eigenvalue weighted by atomic mass is 10.3. The zero-order valence-electron chi connectivity index (χ0n) is 5.57. The molecule has 3 nitrogen and oxygen atoms in total.